The van der Waals surface area contributed by atoms with Crippen molar-refractivity contribution in [3.63, 3.8) is 0 Å². The minimum absolute atomic E-state index is 0.570. The number of hydrogen-bond acceptors (Lipinski definition) is 4. The van der Waals surface area contributed by atoms with Gasteiger partial charge >= 0.3 is 0 Å². The highest BCUT2D eigenvalue weighted by molar-refractivity contribution is 7.87. The summed E-state index contributed by atoms with van der Waals surface area (Å²) >= 11 is 0. The van der Waals surface area contributed by atoms with Crippen molar-refractivity contribution in [1.82, 2.24) is 5.32 Å². The highest BCUT2D eigenvalue weighted by atomic mass is 32.2. The van der Waals surface area contributed by atoms with E-state index in [0.29, 0.717) is 6.42 Å². The summed E-state index contributed by atoms with van der Waals surface area (Å²) in [7, 11) is -0.539. The lowest BCUT2D eigenvalue weighted by Gasteiger charge is -2.14. The van der Waals surface area contributed by atoms with Gasteiger partial charge in [0, 0.05) is 0 Å². The summed E-state index contributed by atoms with van der Waals surface area (Å²) in [6, 6.07) is 0. The third-order valence-electron chi connectivity index (χ3n) is 4.97. The van der Waals surface area contributed by atoms with Gasteiger partial charge in [-0.1, -0.05) is 103 Å². The molecular weight excluding hydrogens is 334 g/mol. The second kappa shape index (κ2) is 17.3. The first-order chi connectivity index (χ1) is 12.1. The summed E-state index contributed by atoms with van der Waals surface area (Å²) in [6.45, 7) is 2.27. The molecule has 5 heteroatoms. The molecule has 0 radical (unpaired) electrons. The monoisotopic (exact) mass is 377 g/mol. The van der Waals surface area contributed by atoms with Gasteiger partial charge in [0.05, 0.1) is 7.11 Å². The van der Waals surface area contributed by atoms with E-state index in [-0.39, 0.29) is 0 Å². The van der Waals surface area contributed by atoms with E-state index in [1.165, 1.54) is 90.6 Å². The van der Waals surface area contributed by atoms with Crippen molar-refractivity contribution < 1.29 is 12.6 Å². The summed E-state index contributed by atoms with van der Waals surface area (Å²) in [4.78, 5) is 0. The average Bonchev–Trinajstić information content (AvgIpc) is 2.61. The van der Waals surface area contributed by atoms with Crippen molar-refractivity contribution in [2.24, 2.45) is 0 Å². The standard InChI is InChI=1S/C20H43NO3S/c1-4-5-6-7-8-9-10-11-12-13-14-15-16-17-18-19-20(21-2)25(22,23)24-3/h20-21H,4-19H2,1-3H3. The average molecular weight is 378 g/mol. The maximum atomic E-state index is 11.6. The fraction of sp³-hybridized carbons (Fsp3) is 1.00. The van der Waals surface area contributed by atoms with Gasteiger partial charge in [-0.25, -0.2) is 0 Å². The summed E-state index contributed by atoms with van der Waals surface area (Å²) in [5.74, 6) is 0. The summed E-state index contributed by atoms with van der Waals surface area (Å²) in [6.07, 6.45) is 20.4. The van der Waals surface area contributed by atoms with Gasteiger partial charge in [-0.15, -0.1) is 0 Å². The zero-order valence-electron chi connectivity index (χ0n) is 17.0. The molecule has 1 N–H and O–H groups in total. The molecule has 25 heavy (non-hydrogen) atoms. The second-order valence-electron chi connectivity index (χ2n) is 7.18. The largest absolute Gasteiger partial charge is 0.302 e. The minimum atomic E-state index is -3.44. The quantitative estimate of drug-likeness (QED) is 0.229. The van der Waals surface area contributed by atoms with Gasteiger partial charge in [0.15, 0.2) is 0 Å². The lowest BCUT2D eigenvalue weighted by molar-refractivity contribution is 0.375. The third-order valence-corrected chi connectivity index (χ3v) is 6.61. The molecule has 0 saturated carbocycles. The highest BCUT2D eigenvalue weighted by Crippen LogP contribution is 2.15. The molecule has 0 aliphatic rings. The fourth-order valence-electron chi connectivity index (χ4n) is 3.25. The normalized spacial score (nSPS) is 13.2. The molecule has 1 atom stereocenters. The van der Waals surface area contributed by atoms with E-state index in [1.54, 1.807) is 7.05 Å². The summed E-state index contributed by atoms with van der Waals surface area (Å²) in [5, 5.41) is 2.26. The predicted octanol–water partition coefficient (Wildman–Crippen LogP) is 5.77. The van der Waals surface area contributed by atoms with Gasteiger partial charge in [0.25, 0.3) is 10.1 Å². The van der Waals surface area contributed by atoms with E-state index in [2.05, 4.69) is 16.4 Å². The van der Waals surface area contributed by atoms with Crippen molar-refractivity contribution in [1.29, 1.82) is 0 Å². The van der Waals surface area contributed by atoms with Crippen LogP contribution in [0.4, 0.5) is 0 Å². The molecule has 0 heterocycles. The molecule has 152 valence electrons. The molecule has 0 amide bonds. The van der Waals surface area contributed by atoms with Crippen LogP contribution >= 0.6 is 0 Å². The number of hydrogen-bond donors (Lipinski definition) is 1. The Morgan fingerprint density at radius 1 is 0.720 bits per heavy atom. The molecular formula is C20H43NO3S. The Morgan fingerprint density at radius 3 is 1.40 bits per heavy atom. The Morgan fingerprint density at radius 2 is 1.08 bits per heavy atom. The van der Waals surface area contributed by atoms with Crippen molar-refractivity contribution in [2.45, 2.75) is 115 Å². The second-order valence-corrected chi connectivity index (χ2v) is 9.06. The van der Waals surface area contributed by atoms with Gasteiger partial charge in [-0.05, 0) is 13.5 Å². The zero-order chi connectivity index (χ0) is 18.8. The Balaban J connectivity index is 3.31. The molecule has 0 aromatic heterocycles. The van der Waals surface area contributed by atoms with Crippen molar-refractivity contribution in [3.8, 4) is 0 Å². The Bertz CT molecular complexity index is 371. The third kappa shape index (κ3) is 14.7. The van der Waals surface area contributed by atoms with Crippen LogP contribution in [0.25, 0.3) is 0 Å². The molecule has 0 fully saturated rings. The van der Waals surface area contributed by atoms with Gasteiger partial charge in [0.2, 0.25) is 0 Å². The van der Waals surface area contributed by atoms with Crippen LogP contribution in [0, 0.1) is 0 Å². The molecule has 0 spiro atoms. The van der Waals surface area contributed by atoms with Crippen LogP contribution in [0.15, 0.2) is 0 Å². The number of unbranched alkanes of at least 4 members (excludes halogenated alkanes) is 14. The number of rotatable bonds is 19. The van der Waals surface area contributed by atoms with Gasteiger partial charge in [-0.3, -0.25) is 4.18 Å². The molecule has 0 saturated heterocycles. The predicted molar refractivity (Wildman–Crippen MR) is 108 cm³/mol. The van der Waals surface area contributed by atoms with E-state index in [4.69, 9.17) is 0 Å². The molecule has 0 aromatic carbocycles. The first-order valence-corrected chi connectivity index (χ1v) is 12.0. The van der Waals surface area contributed by atoms with E-state index < -0.39 is 15.5 Å². The maximum Gasteiger partial charge on any atom is 0.283 e. The number of nitrogens with one attached hydrogen (secondary N) is 1. The van der Waals surface area contributed by atoms with Gasteiger partial charge in [0.1, 0.15) is 5.37 Å². The molecule has 1 unspecified atom stereocenters. The highest BCUT2D eigenvalue weighted by Gasteiger charge is 2.22. The molecule has 0 aliphatic carbocycles. The molecule has 0 bridgehead atoms. The van der Waals surface area contributed by atoms with Crippen LogP contribution in [0.2, 0.25) is 0 Å². The Labute approximate surface area is 157 Å². The lowest BCUT2D eigenvalue weighted by Crippen LogP contribution is -2.34. The first-order valence-electron chi connectivity index (χ1n) is 10.5. The Kier molecular flexibility index (Phi) is 17.2. The first kappa shape index (κ1) is 24.9. The SMILES string of the molecule is CCCCCCCCCCCCCCCCCC(NC)S(=O)(=O)OC. The van der Waals surface area contributed by atoms with Gasteiger partial charge in [-0.2, -0.15) is 8.42 Å². The van der Waals surface area contributed by atoms with Gasteiger partial charge < -0.3 is 5.32 Å². The molecule has 0 rings (SSSR count). The summed E-state index contributed by atoms with van der Waals surface area (Å²) < 4.78 is 27.8. The molecule has 0 aliphatic heterocycles. The van der Waals surface area contributed by atoms with E-state index in [1.807, 2.05) is 0 Å². The lowest BCUT2D eigenvalue weighted by atomic mass is 10.0. The van der Waals surface area contributed by atoms with Crippen molar-refractivity contribution in [2.75, 3.05) is 14.2 Å². The summed E-state index contributed by atoms with van der Waals surface area (Å²) in [5.41, 5.74) is 0. The van der Waals surface area contributed by atoms with Crippen LogP contribution in [0.5, 0.6) is 0 Å². The Hall–Kier alpha value is -0.130. The minimum Gasteiger partial charge on any atom is -0.302 e. The topological polar surface area (TPSA) is 55.4 Å². The van der Waals surface area contributed by atoms with Crippen molar-refractivity contribution in [3.05, 3.63) is 0 Å². The van der Waals surface area contributed by atoms with Crippen LogP contribution < -0.4 is 5.32 Å². The fourth-order valence-corrected chi connectivity index (χ4v) is 4.23. The van der Waals surface area contributed by atoms with Crippen LogP contribution in [0.1, 0.15) is 110 Å². The van der Waals surface area contributed by atoms with Crippen LogP contribution in [-0.2, 0) is 14.3 Å². The smallest absolute Gasteiger partial charge is 0.283 e. The van der Waals surface area contributed by atoms with Crippen LogP contribution in [0.3, 0.4) is 0 Å². The van der Waals surface area contributed by atoms with Crippen molar-refractivity contribution >= 4 is 10.1 Å². The van der Waals surface area contributed by atoms with E-state index in [0.717, 1.165) is 12.8 Å². The molecule has 4 nitrogen and oxygen atoms in total. The maximum absolute atomic E-state index is 11.6. The van der Waals surface area contributed by atoms with Crippen LogP contribution in [-0.4, -0.2) is 27.9 Å². The van der Waals surface area contributed by atoms with E-state index >= 15 is 0 Å². The molecule has 0 aromatic rings. The zero-order valence-corrected chi connectivity index (χ0v) is 17.8. The van der Waals surface area contributed by atoms with E-state index in [9.17, 15) is 8.42 Å².